The van der Waals surface area contributed by atoms with Gasteiger partial charge in [-0.05, 0) is 43.2 Å². The van der Waals surface area contributed by atoms with Crippen molar-refractivity contribution in [1.82, 2.24) is 25.2 Å². The van der Waals surface area contributed by atoms with Gasteiger partial charge >= 0.3 is 0 Å². The molecular weight excluding hydrogens is 420 g/mol. The number of aromatic amines is 1. The van der Waals surface area contributed by atoms with Crippen LogP contribution in [0.2, 0.25) is 0 Å². The van der Waals surface area contributed by atoms with Crippen molar-refractivity contribution >= 4 is 22.6 Å². The Balaban J connectivity index is 1.34. The second-order valence-corrected chi connectivity index (χ2v) is 8.48. The largest absolute Gasteiger partial charge is 0.394 e. The molecule has 0 aromatic carbocycles. The number of H-pyrrole nitrogens is 1. The molecule has 3 aromatic heterocycles. The van der Waals surface area contributed by atoms with E-state index >= 15 is 0 Å². The summed E-state index contributed by atoms with van der Waals surface area (Å²) < 4.78 is 0. The molecule has 9 heteroatoms. The van der Waals surface area contributed by atoms with E-state index in [2.05, 4.69) is 30.1 Å². The predicted molar refractivity (Wildman–Crippen MR) is 127 cm³/mol. The highest BCUT2D eigenvalue weighted by atomic mass is 16.3. The molecule has 0 saturated carbocycles. The van der Waals surface area contributed by atoms with E-state index in [-0.39, 0.29) is 24.1 Å². The lowest BCUT2D eigenvalue weighted by Crippen LogP contribution is -2.46. The third kappa shape index (κ3) is 5.37. The van der Waals surface area contributed by atoms with Crippen molar-refractivity contribution in [2.45, 2.75) is 32.9 Å². The number of hydrogen-bond donors (Lipinski definition) is 3. The third-order valence-electron chi connectivity index (χ3n) is 5.98. The fraction of sp³-hybridized carbons (Fsp3) is 0.417. The van der Waals surface area contributed by atoms with Gasteiger partial charge in [0.05, 0.1) is 29.5 Å². The molecule has 0 bridgehead atoms. The molecule has 1 aliphatic heterocycles. The van der Waals surface area contributed by atoms with Gasteiger partial charge in [0.25, 0.3) is 11.5 Å². The number of nitrogens with one attached hydrogen (secondary N) is 2. The zero-order chi connectivity index (χ0) is 23.4. The van der Waals surface area contributed by atoms with Gasteiger partial charge in [0.1, 0.15) is 5.69 Å². The number of aliphatic hydroxyl groups excluding tert-OH is 1. The Morgan fingerprint density at radius 2 is 1.97 bits per heavy atom. The van der Waals surface area contributed by atoms with Crippen LogP contribution >= 0.6 is 0 Å². The number of aryl methyl sites for hydroxylation is 1. The Hall–Kier alpha value is -3.30. The van der Waals surface area contributed by atoms with E-state index in [4.69, 9.17) is 5.11 Å². The van der Waals surface area contributed by atoms with Crippen molar-refractivity contribution < 1.29 is 9.90 Å². The zero-order valence-electron chi connectivity index (χ0n) is 19.0. The van der Waals surface area contributed by atoms with Crippen LogP contribution in [0.25, 0.3) is 11.0 Å². The first-order chi connectivity index (χ1) is 16.0. The average molecular weight is 451 g/mol. The molecule has 1 saturated heterocycles. The number of anilines is 1. The normalized spacial score (nSPS) is 15.5. The summed E-state index contributed by atoms with van der Waals surface area (Å²) in [4.78, 5) is 40.6. The van der Waals surface area contributed by atoms with E-state index in [0.29, 0.717) is 12.1 Å². The van der Waals surface area contributed by atoms with Crippen LogP contribution in [0.4, 0.5) is 5.69 Å². The number of rotatable bonds is 7. The minimum atomic E-state index is -0.307. The molecule has 174 valence electrons. The molecule has 0 aliphatic carbocycles. The first-order valence-corrected chi connectivity index (χ1v) is 11.3. The smallest absolute Gasteiger partial charge is 0.270 e. The highest BCUT2D eigenvalue weighted by molar-refractivity contribution is 5.92. The number of piperazine rings is 1. The number of pyridine rings is 3. The van der Waals surface area contributed by atoms with Crippen LogP contribution in [0, 0.1) is 0 Å². The van der Waals surface area contributed by atoms with E-state index in [0.717, 1.165) is 60.6 Å². The van der Waals surface area contributed by atoms with Crippen molar-refractivity contribution in [3.05, 3.63) is 63.8 Å². The molecule has 33 heavy (non-hydrogen) atoms. The predicted octanol–water partition coefficient (Wildman–Crippen LogP) is 1.31. The molecule has 1 fully saturated rings. The monoisotopic (exact) mass is 450 g/mol. The SMILES string of the molecule is CCc1cc2ncc(CN3CCN(c4ccc(C(=O)N[C@@H](C)CO)nc4)CC3)cc2[nH]c1=O. The Labute approximate surface area is 192 Å². The first-order valence-electron chi connectivity index (χ1n) is 11.3. The van der Waals surface area contributed by atoms with Gasteiger partial charge in [-0.3, -0.25) is 19.5 Å². The highest BCUT2D eigenvalue weighted by Gasteiger charge is 2.19. The van der Waals surface area contributed by atoms with Crippen molar-refractivity contribution in [2.75, 3.05) is 37.7 Å². The number of carbonyl (C=O) groups excluding carboxylic acids is 1. The number of hydrogen-bond acceptors (Lipinski definition) is 7. The van der Waals surface area contributed by atoms with Crippen molar-refractivity contribution in [3.63, 3.8) is 0 Å². The fourth-order valence-electron chi connectivity index (χ4n) is 3.99. The Morgan fingerprint density at radius 1 is 1.18 bits per heavy atom. The Kier molecular flexibility index (Phi) is 7.00. The quantitative estimate of drug-likeness (QED) is 0.497. The molecule has 3 N–H and O–H groups in total. The average Bonchev–Trinajstić information content (AvgIpc) is 2.84. The second kappa shape index (κ2) is 10.1. The molecular formula is C24H30N6O3. The van der Waals surface area contributed by atoms with Crippen LogP contribution in [-0.4, -0.2) is 69.7 Å². The van der Waals surface area contributed by atoms with Gasteiger partial charge in [0, 0.05) is 50.5 Å². The van der Waals surface area contributed by atoms with Crippen molar-refractivity contribution in [2.24, 2.45) is 0 Å². The first kappa shape index (κ1) is 22.9. The maximum atomic E-state index is 12.1. The van der Waals surface area contributed by atoms with E-state index < -0.39 is 0 Å². The summed E-state index contributed by atoms with van der Waals surface area (Å²) in [5.41, 5.74) is 4.69. The molecule has 1 amide bonds. The molecule has 4 heterocycles. The fourth-order valence-corrected chi connectivity index (χ4v) is 3.99. The lowest BCUT2D eigenvalue weighted by atomic mass is 10.1. The lowest BCUT2D eigenvalue weighted by Gasteiger charge is -2.36. The summed E-state index contributed by atoms with van der Waals surface area (Å²) in [7, 11) is 0. The molecule has 9 nitrogen and oxygen atoms in total. The van der Waals surface area contributed by atoms with E-state index in [1.807, 2.05) is 31.3 Å². The molecule has 4 rings (SSSR count). The summed E-state index contributed by atoms with van der Waals surface area (Å²) in [6.07, 6.45) is 4.30. The second-order valence-electron chi connectivity index (χ2n) is 8.48. The lowest BCUT2D eigenvalue weighted by molar-refractivity contribution is 0.0917. The van der Waals surface area contributed by atoms with Gasteiger partial charge in [0.15, 0.2) is 0 Å². The van der Waals surface area contributed by atoms with Crippen LogP contribution in [0.15, 0.2) is 41.5 Å². The summed E-state index contributed by atoms with van der Waals surface area (Å²) in [5.74, 6) is -0.288. The van der Waals surface area contributed by atoms with Crippen LogP contribution < -0.4 is 15.8 Å². The summed E-state index contributed by atoms with van der Waals surface area (Å²) in [6, 6.07) is 7.20. The van der Waals surface area contributed by atoms with Gasteiger partial charge in [-0.25, -0.2) is 4.98 Å². The minimum Gasteiger partial charge on any atom is -0.394 e. The van der Waals surface area contributed by atoms with Crippen LogP contribution in [0.3, 0.4) is 0 Å². The number of aliphatic hydroxyl groups is 1. The maximum absolute atomic E-state index is 12.1. The van der Waals surface area contributed by atoms with Crippen molar-refractivity contribution in [3.8, 4) is 0 Å². The van der Waals surface area contributed by atoms with Gasteiger partial charge in [-0.1, -0.05) is 6.92 Å². The van der Waals surface area contributed by atoms with Gasteiger partial charge in [0.2, 0.25) is 0 Å². The standard InChI is InChI=1S/C24H30N6O3/c1-3-18-11-21-22(28-23(18)32)10-17(12-25-21)14-29-6-8-30(9-7-29)19-4-5-20(26-13-19)24(33)27-16(2)15-31/h4-5,10-13,16,31H,3,6-9,14-15H2,1-2H3,(H,27,33)(H,28,32)/t16-/m0/s1. The number of fused-ring (bicyclic) bond motifs is 1. The van der Waals surface area contributed by atoms with Crippen LogP contribution in [-0.2, 0) is 13.0 Å². The Bertz CT molecular complexity index is 1170. The molecule has 3 aromatic rings. The molecule has 1 aliphatic rings. The molecule has 0 radical (unpaired) electrons. The van der Waals surface area contributed by atoms with Crippen LogP contribution in [0.1, 0.15) is 35.5 Å². The van der Waals surface area contributed by atoms with Gasteiger partial charge in [-0.15, -0.1) is 0 Å². The Morgan fingerprint density at radius 3 is 2.64 bits per heavy atom. The number of aromatic nitrogens is 3. The summed E-state index contributed by atoms with van der Waals surface area (Å²) in [6.45, 7) is 7.85. The highest BCUT2D eigenvalue weighted by Crippen LogP contribution is 2.18. The molecule has 0 unspecified atom stereocenters. The summed E-state index contributed by atoms with van der Waals surface area (Å²) >= 11 is 0. The van der Waals surface area contributed by atoms with E-state index in [1.165, 1.54) is 0 Å². The minimum absolute atomic E-state index is 0.0439. The van der Waals surface area contributed by atoms with Crippen molar-refractivity contribution in [1.29, 1.82) is 0 Å². The van der Waals surface area contributed by atoms with Gasteiger partial charge < -0.3 is 20.3 Å². The van der Waals surface area contributed by atoms with E-state index in [1.54, 1.807) is 19.2 Å². The number of amides is 1. The topological polar surface area (TPSA) is 114 Å². The van der Waals surface area contributed by atoms with E-state index in [9.17, 15) is 9.59 Å². The number of nitrogens with zero attached hydrogens (tertiary/aromatic N) is 4. The zero-order valence-corrected chi connectivity index (χ0v) is 19.0. The van der Waals surface area contributed by atoms with Gasteiger partial charge in [-0.2, -0.15) is 0 Å². The number of carbonyl (C=O) groups is 1. The van der Waals surface area contributed by atoms with Crippen LogP contribution in [0.5, 0.6) is 0 Å². The maximum Gasteiger partial charge on any atom is 0.270 e. The summed E-state index contributed by atoms with van der Waals surface area (Å²) in [5, 5.41) is 11.8. The molecule has 1 atom stereocenters. The molecule has 0 spiro atoms. The third-order valence-corrected chi connectivity index (χ3v) is 5.98.